The summed E-state index contributed by atoms with van der Waals surface area (Å²) in [6, 6.07) is 7.44. The van der Waals surface area contributed by atoms with Crippen LogP contribution < -0.4 is 0 Å². The van der Waals surface area contributed by atoms with Crippen molar-refractivity contribution < 1.29 is 13.2 Å². The molecule has 0 bridgehead atoms. The number of alkyl halides is 1. The monoisotopic (exact) mass is 331 g/mol. The van der Waals surface area contributed by atoms with Crippen molar-refractivity contribution >= 4 is 21.6 Å². The van der Waals surface area contributed by atoms with E-state index in [1.165, 1.54) is 0 Å². The van der Waals surface area contributed by atoms with E-state index in [2.05, 4.69) is 0 Å². The van der Waals surface area contributed by atoms with E-state index in [4.69, 9.17) is 16.3 Å². The minimum absolute atomic E-state index is 0.0600. The summed E-state index contributed by atoms with van der Waals surface area (Å²) >= 11 is 5.74. The molecule has 1 fully saturated rings. The number of hydrogen-bond acceptors (Lipinski definition) is 3. The first kappa shape index (κ1) is 16.7. The van der Waals surface area contributed by atoms with E-state index in [1.807, 2.05) is 24.3 Å². The number of nitrogens with zero attached hydrogens (tertiary/aromatic N) is 1. The minimum Gasteiger partial charge on any atom is -0.384 e. The smallest absolute Gasteiger partial charge is 0.218 e. The van der Waals surface area contributed by atoms with Gasteiger partial charge in [-0.3, -0.25) is 0 Å². The lowest BCUT2D eigenvalue weighted by molar-refractivity contribution is 0.121. The van der Waals surface area contributed by atoms with E-state index < -0.39 is 10.0 Å². The van der Waals surface area contributed by atoms with Crippen LogP contribution in [0.15, 0.2) is 24.3 Å². The lowest BCUT2D eigenvalue weighted by atomic mass is 9.99. The molecular weight excluding hydrogens is 310 g/mol. The molecular formula is C15H22ClNO3S. The van der Waals surface area contributed by atoms with Crippen molar-refractivity contribution in [2.24, 2.45) is 5.92 Å². The molecule has 1 aliphatic heterocycles. The first-order valence-electron chi connectivity index (χ1n) is 7.15. The molecule has 0 atom stereocenters. The van der Waals surface area contributed by atoms with Gasteiger partial charge in [0.25, 0.3) is 0 Å². The number of benzene rings is 1. The maximum Gasteiger partial charge on any atom is 0.218 e. The predicted molar refractivity (Wildman–Crippen MR) is 84.8 cm³/mol. The molecule has 0 radical (unpaired) electrons. The Morgan fingerprint density at radius 3 is 2.29 bits per heavy atom. The van der Waals surface area contributed by atoms with Gasteiger partial charge < -0.3 is 4.74 Å². The normalized spacial score (nSPS) is 18.0. The highest BCUT2D eigenvalue weighted by atomic mass is 35.5. The van der Waals surface area contributed by atoms with Gasteiger partial charge in [-0.2, -0.15) is 0 Å². The number of rotatable bonds is 6. The van der Waals surface area contributed by atoms with E-state index in [1.54, 1.807) is 11.4 Å². The number of hydrogen-bond donors (Lipinski definition) is 0. The Morgan fingerprint density at radius 2 is 1.76 bits per heavy atom. The van der Waals surface area contributed by atoms with Crippen LogP contribution in [-0.2, 0) is 26.4 Å². The third-order valence-corrected chi connectivity index (χ3v) is 6.05. The third kappa shape index (κ3) is 4.68. The van der Waals surface area contributed by atoms with Crippen LogP contribution in [0, 0.1) is 5.92 Å². The summed E-state index contributed by atoms with van der Waals surface area (Å²) in [5.74, 6) is 0.981. The highest BCUT2D eigenvalue weighted by Crippen LogP contribution is 2.22. The van der Waals surface area contributed by atoms with Gasteiger partial charge in [0.15, 0.2) is 0 Å². The molecule has 0 spiro atoms. The molecule has 0 unspecified atom stereocenters. The molecule has 6 heteroatoms. The second-order valence-electron chi connectivity index (χ2n) is 5.50. The van der Waals surface area contributed by atoms with Crippen molar-refractivity contribution in [3.8, 4) is 0 Å². The molecule has 0 N–H and O–H groups in total. The van der Waals surface area contributed by atoms with Gasteiger partial charge in [0.2, 0.25) is 10.0 Å². The fraction of sp³-hybridized carbons (Fsp3) is 0.600. The van der Waals surface area contributed by atoms with Gasteiger partial charge in [-0.05, 0) is 29.9 Å². The average Bonchev–Trinajstić information content (AvgIpc) is 2.48. The molecule has 1 aromatic rings. The fourth-order valence-corrected chi connectivity index (χ4v) is 4.36. The quantitative estimate of drug-likeness (QED) is 0.753. The van der Waals surface area contributed by atoms with Crippen molar-refractivity contribution in [2.45, 2.75) is 24.5 Å². The Labute approximate surface area is 132 Å². The van der Waals surface area contributed by atoms with Crippen LogP contribution in [0.2, 0.25) is 0 Å². The van der Waals surface area contributed by atoms with Crippen molar-refractivity contribution in [1.82, 2.24) is 4.31 Å². The SMILES string of the molecule is COCC1CCN(S(=O)(=O)Cc2ccc(CCl)cc2)CC1. The van der Waals surface area contributed by atoms with Gasteiger partial charge in [-0.15, -0.1) is 11.6 Å². The van der Waals surface area contributed by atoms with E-state index in [0.29, 0.717) is 31.5 Å². The average molecular weight is 332 g/mol. The van der Waals surface area contributed by atoms with Crippen molar-refractivity contribution in [2.75, 3.05) is 26.8 Å². The number of methoxy groups -OCH3 is 1. The lowest BCUT2D eigenvalue weighted by Gasteiger charge is -2.30. The molecule has 0 aromatic heterocycles. The van der Waals surface area contributed by atoms with E-state index in [-0.39, 0.29) is 5.75 Å². The van der Waals surface area contributed by atoms with E-state index in [9.17, 15) is 8.42 Å². The van der Waals surface area contributed by atoms with Crippen LogP contribution in [0.1, 0.15) is 24.0 Å². The molecule has 0 saturated carbocycles. The van der Waals surface area contributed by atoms with Crippen LogP contribution in [-0.4, -0.2) is 39.5 Å². The van der Waals surface area contributed by atoms with E-state index in [0.717, 1.165) is 24.0 Å². The van der Waals surface area contributed by atoms with Gasteiger partial charge in [0, 0.05) is 32.7 Å². The summed E-state index contributed by atoms with van der Waals surface area (Å²) in [6.07, 6.45) is 1.75. The fourth-order valence-electron chi connectivity index (χ4n) is 2.62. The lowest BCUT2D eigenvalue weighted by Crippen LogP contribution is -2.39. The summed E-state index contributed by atoms with van der Waals surface area (Å²) in [7, 11) is -1.55. The molecule has 4 nitrogen and oxygen atoms in total. The standard InChI is InChI=1S/C15H22ClNO3S/c1-20-11-14-6-8-17(9-7-14)21(18,19)12-15-4-2-13(10-16)3-5-15/h2-5,14H,6-12H2,1H3. The molecule has 1 aromatic carbocycles. The second kappa shape index (κ2) is 7.58. The largest absolute Gasteiger partial charge is 0.384 e. The van der Waals surface area contributed by atoms with Gasteiger partial charge >= 0.3 is 0 Å². The van der Waals surface area contributed by atoms with Crippen LogP contribution in [0.25, 0.3) is 0 Å². The second-order valence-corrected chi connectivity index (χ2v) is 7.74. The first-order valence-corrected chi connectivity index (χ1v) is 9.30. The van der Waals surface area contributed by atoms with Gasteiger partial charge in [-0.25, -0.2) is 12.7 Å². The number of halogens is 1. The molecule has 1 saturated heterocycles. The summed E-state index contributed by atoms with van der Waals surface area (Å²) < 4.78 is 31.6. The van der Waals surface area contributed by atoms with Gasteiger partial charge in [0.05, 0.1) is 5.75 Å². The summed E-state index contributed by atoms with van der Waals surface area (Å²) in [4.78, 5) is 0. The Morgan fingerprint density at radius 1 is 1.19 bits per heavy atom. The molecule has 2 rings (SSSR count). The Bertz CT molecular complexity index is 537. The van der Waals surface area contributed by atoms with Crippen LogP contribution in [0.3, 0.4) is 0 Å². The molecule has 118 valence electrons. The topological polar surface area (TPSA) is 46.6 Å². The Hall–Kier alpha value is -0.620. The number of piperidine rings is 1. The van der Waals surface area contributed by atoms with Crippen LogP contribution in [0.4, 0.5) is 0 Å². The Balaban J connectivity index is 1.95. The Kier molecular flexibility index (Phi) is 6.05. The van der Waals surface area contributed by atoms with Crippen molar-refractivity contribution in [3.63, 3.8) is 0 Å². The predicted octanol–water partition coefficient (Wildman–Crippen LogP) is 2.61. The molecule has 1 aliphatic rings. The maximum atomic E-state index is 12.4. The highest BCUT2D eigenvalue weighted by Gasteiger charge is 2.27. The van der Waals surface area contributed by atoms with Crippen LogP contribution in [0.5, 0.6) is 0 Å². The minimum atomic E-state index is -3.23. The molecule has 0 aliphatic carbocycles. The molecule has 21 heavy (non-hydrogen) atoms. The van der Waals surface area contributed by atoms with Crippen molar-refractivity contribution in [1.29, 1.82) is 0 Å². The highest BCUT2D eigenvalue weighted by molar-refractivity contribution is 7.88. The summed E-state index contributed by atoms with van der Waals surface area (Å²) in [5.41, 5.74) is 1.81. The number of sulfonamides is 1. The first-order chi connectivity index (χ1) is 10.0. The maximum absolute atomic E-state index is 12.4. The van der Waals surface area contributed by atoms with Crippen molar-refractivity contribution in [3.05, 3.63) is 35.4 Å². The summed E-state index contributed by atoms with van der Waals surface area (Å²) in [5, 5.41) is 0. The molecule has 1 heterocycles. The van der Waals surface area contributed by atoms with Crippen LogP contribution >= 0.6 is 11.6 Å². The molecule has 0 amide bonds. The zero-order valence-electron chi connectivity index (χ0n) is 12.3. The van der Waals surface area contributed by atoms with E-state index >= 15 is 0 Å². The summed E-state index contributed by atoms with van der Waals surface area (Å²) in [6.45, 7) is 1.90. The number of ether oxygens (including phenoxy) is 1. The van der Waals surface area contributed by atoms with Gasteiger partial charge in [0.1, 0.15) is 0 Å². The zero-order chi connectivity index (χ0) is 15.3. The third-order valence-electron chi connectivity index (χ3n) is 3.90. The zero-order valence-corrected chi connectivity index (χ0v) is 13.9. The van der Waals surface area contributed by atoms with Gasteiger partial charge in [-0.1, -0.05) is 24.3 Å².